The third-order valence-corrected chi connectivity index (χ3v) is 14.7. The molecule has 2 aliphatic carbocycles. The number of carboxylic acids is 1. The van der Waals surface area contributed by atoms with Gasteiger partial charge in [0, 0.05) is 53.0 Å². The molecule has 15 nitrogen and oxygen atoms in total. The highest BCUT2D eigenvalue weighted by Gasteiger charge is 2.33. The van der Waals surface area contributed by atoms with E-state index in [1.807, 2.05) is 41.3 Å². The molecule has 19 heteroatoms. The van der Waals surface area contributed by atoms with E-state index in [9.17, 15) is 19.5 Å². The molecule has 0 bridgehead atoms. The number of benzene rings is 2. The Bertz CT molecular complexity index is 2890. The van der Waals surface area contributed by atoms with Crippen LogP contribution in [0.1, 0.15) is 46.6 Å². The first-order chi connectivity index (χ1) is 28.3. The average molecular weight is 848 g/mol. The van der Waals surface area contributed by atoms with E-state index < -0.39 is 5.97 Å². The number of aromatic nitrogens is 8. The van der Waals surface area contributed by atoms with Crippen LogP contribution in [0.25, 0.3) is 40.9 Å². The summed E-state index contributed by atoms with van der Waals surface area (Å²) in [5.74, 6) is 0.964. The van der Waals surface area contributed by atoms with Crippen molar-refractivity contribution in [2.45, 2.75) is 51.4 Å². The Morgan fingerprint density at radius 2 is 1.21 bits per heavy atom. The highest BCUT2D eigenvalue weighted by atomic mass is 32.1. The molecule has 292 valence electrons. The van der Waals surface area contributed by atoms with Gasteiger partial charge in [-0.25, -0.2) is 19.9 Å². The van der Waals surface area contributed by atoms with Crippen molar-refractivity contribution in [3.63, 3.8) is 0 Å². The number of nitrogens with zero attached hydrogens (tertiary/aromatic N) is 9. The quantitative estimate of drug-likeness (QED) is 0.150. The lowest BCUT2D eigenvalue weighted by Gasteiger charge is -2.31. The van der Waals surface area contributed by atoms with Crippen LogP contribution in [0.15, 0.2) is 49.1 Å². The van der Waals surface area contributed by atoms with Gasteiger partial charge in [0.25, 0.3) is 0 Å². The smallest absolute Gasteiger partial charge is 0.306 e. The number of Topliss-reactive ketones (excluding diaryl/α,β-unsaturated/α-hetero) is 1. The van der Waals surface area contributed by atoms with Crippen LogP contribution in [0.2, 0.25) is 0 Å². The lowest BCUT2D eigenvalue weighted by molar-refractivity contribution is -0.142. The Morgan fingerprint density at radius 3 is 1.74 bits per heavy atom. The Morgan fingerprint density at radius 1 is 0.690 bits per heavy atom. The summed E-state index contributed by atoms with van der Waals surface area (Å²) < 4.78 is 9.99. The number of carbonyl (C=O) groups is 3. The average Bonchev–Trinajstić information content (AvgIpc) is 4.05. The van der Waals surface area contributed by atoms with Gasteiger partial charge in [-0.2, -0.15) is 0 Å². The van der Waals surface area contributed by atoms with Crippen LogP contribution in [-0.2, 0) is 40.1 Å². The molecule has 0 saturated carbocycles. The first-order valence-corrected chi connectivity index (χ1v) is 22.0. The van der Waals surface area contributed by atoms with Crippen LogP contribution in [0.3, 0.4) is 0 Å². The number of nitrogens with one attached hydrogen (secondary N) is 2. The molecule has 11 rings (SSSR count). The monoisotopic (exact) mass is 847 g/mol. The normalized spacial score (nSPS) is 17.9. The number of piperidine rings is 1. The van der Waals surface area contributed by atoms with Crippen LogP contribution in [0.4, 0.5) is 23.0 Å². The molecular formula is C39H33N11O4S4. The van der Waals surface area contributed by atoms with Crippen molar-refractivity contribution < 1.29 is 19.5 Å². The van der Waals surface area contributed by atoms with Gasteiger partial charge in [0.1, 0.15) is 50.8 Å². The van der Waals surface area contributed by atoms with Crippen LogP contribution in [0.5, 0.6) is 0 Å². The van der Waals surface area contributed by atoms with Gasteiger partial charge < -0.3 is 20.6 Å². The number of carboxylic acid groups (broad SMARTS) is 1. The number of fused-ring (bicyclic) bond motifs is 8. The number of thiophene rings is 2. The molecule has 2 aromatic carbocycles. The molecule has 0 radical (unpaired) electrons. The molecule has 2 atom stereocenters. The Labute approximate surface area is 345 Å². The SMILES string of the molecule is O=C(O)[C@H]1CCc2c(sc3ncnc(Nc4ccc5nnsc5c4)c23)C1.O=C1CCN(C(=O)[C@H]2CCc3c(sc4ncnc(Nc5ccc6nnsc6c5)c34)C2)CC1. The molecule has 0 spiro atoms. The van der Waals surface area contributed by atoms with E-state index in [2.05, 4.69) is 49.7 Å². The first kappa shape index (κ1) is 36.7. The molecule has 8 aromatic rings. The largest absolute Gasteiger partial charge is 0.481 e. The van der Waals surface area contributed by atoms with E-state index in [-0.39, 0.29) is 23.5 Å². The molecule has 7 heterocycles. The molecule has 58 heavy (non-hydrogen) atoms. The molecule has 1 amide bonds. The molecule has 3 aliphatic rings. The third-order valence-electron chi connectivity index (χ3n) is 11.0. The molecule has 6 aromatic heterocycles. The summed E-state index contributed by atoms with van der Waals surface area (Å²) in [6.07, 6.45) is 8.46. The predicted octanol–water partition coefficient (Wildman–Crippen LogP) is 7.37. The number of ketones is 1. The van der Waals surface area contributed by atoms with Crippen LogP contribution < -0.4 is 10.6 Å². The van der Waals surface area contributed by atoms with Crippen molar-refractivity contribution in [1.82, 2.24) is 44.0 Å². The molecular weight excluding hydrogens is 815 g/mol. The first-order valence-electron chi connectivity index (χ1n) is 18.9. The number of amides is 1. The van der Waals surface area contributed by atoms with Crippen LogP contribution in [-0.4, -0.2) is 79.9 Å². The summed E-state index contributed by atoms with van der Waals surface area (Å²) in [6, 6.07) is 11.9. The number of likely N-dealkylation sites (tertiary alicyclic amines) is 1. The van der Waals surface area contributed by atoms with E-state index in [0.717, 1.165) is 94.4 Å². The Hall–Kier alpha value is -5.63. The predicted molar refractivity (Wildman–Crippen MR) is 226 cm³/mol. The molecule has 1 aliphatic heterocycles. The van der Waals surface area contributed by atoms with E-state index in [1.165, 1.54) is 39.1 Å². The number of hydrogen-bond acceptors (Lipinski definition) is 17. The maximum Gasteiger partial charge on any atom is 0.306 e. The maximum atomic E-state index is 13.0. The number of aliphatic carboxylic acids is 1. The lowest BCUT2D eigenvalue weighted by atomic mass is 9.86. The second kappa shape index (κ2) is 15.3. The van der Waals surface area contributed by atoms with Crippen molar-refractivity contribution in [2.24, 2.45) is 11.8 Å². The number of carbonyl (C=O) groups excluding carboxylic acids is 2. The topological polar surface area (TPSA) is 202 Å². The summed E-state index contributed by atoms with van der Waals surface area (Å²) in [7, 11) is 0. The van der Waals surface area contributed by atoms with Crippen molar-refractivity contribution in [1.29, 1.82) is 0 Å². The van der Waals surface area contributed by atoms with E-state index in [0.29, 0.717) is 38.8 Å². The Kier molecular flexibility index (Phi) is 9.66. The Balaban J connectivity index is 0.000000144. The van der Waals surface area contributed by atoms with E-state index >= 15 is 0 Å². The van der Waals surface area contributed by atoms with Gasteiger partial charge in [-0.05, 0) is 109 Å². The van der Waals surface area contributed by atoms with Gasteiger partial charge in [-0.3, -0.25) is 14.4 Å². The summed E-state index contributed by atoms with van der Waals surface area (Å²) in [4.78, 5) is 59.9. The fraction of sp³-hybridized carbons (Fsp3) is 0.308. The summed E-state index contributed by atoms with van der Waals surface area (Å²) in [5, 5.41) is 26.4. The minimum atomic E-state index is -0.719. The van der Waals surface area contributed by atoms with Crippen LogP contribution >= 0.6 is 45.7 Å². The summed E-state index contributed by atoms with van der Waals surface area (Å²) >= 11 is 5.96. The summed E-state index contributed by atoms with van der Waals surface area (Å²) in [6.45, 7) is 1.12. The lowest BCUT2D eigenvalue weighted by Crippen LogP contribution is -2.43. The maximum absolute atomic E-state index is 13.0. The fourth-order valence-electron chi connectivity index (χ4n) is 8.05. The van der Waals surface area contributed by atoms with Gasteiger partial charge in [0.2, 0.25) is 5.91 Å². The minimum Gasteiger partial charge on any atom is -0.481 e. The van der Waals surface area contributed by atoms with Gasteiger partial charge in [-0.15, -0.1) is 32.9 Å². The number of aryl methyl sites for hydroxylation is 2. The van der Waals surface area contributed by atoms with Gasteiger partial charge in [0.15, 0.2) is 0 Å². The zero-order chi connectivity index (χ0) is 39.3. The molecule has 1 saturated heterocycles. The number of rotatable bonds is 6. The summed E-state index contributed by atoms with van der Waals surface area (Å²) in [5.41, 5.74) is 6.06. The number of hydrogen-bond donors (Lipinski definition) is 3. The van der Waals surface area contributed by atoms with Gasteiger partial charge in [-0.1, -0.05) is 8.98 Å². The minimum absolute atomic E-state index is 0.0191. The van der Waals surface area contributed by atoms with Gasteiger partial charge in [0.05, 0.1) is 26.1 Å². The number of anilines is 4. The molecule has 1 fully saturated rings. The standard InChI is InChI=1S/C22H20N6O2S2.C17H13N5O2S2/c29-14-5-7-28(8-6-14)22(30)12-1-3-15-17(9-12)31-21-19(15)20(23-11-24-21)25-13-2-4-16-18(10-13)32-27-26-16;23-17(24)8-1-3-10-12(5-8)25-16-14(10)15(18-7-19-16)20-9-2-4-11-13(6-9)26-22-21-11/h2,4,10-12H,1,3,5-9H2,(H,23,24,25);2,4,6-8H,1,3,5H2,(H,23,24)(H,18,19,20)/t12-;8-/m00/s1. The van der Waals surface area contributed by atoms with Gasteiger partial charge >= 0.3 is 5.97 Å². The van der Waals surface area contributed by atoms with Crippen molar-refractivity contribution in [3.05, 3.63) is 69.9 Å². The van der Waals surface area contributed by atoms with Crippen molar-refractivity contribution in [2.75, 3.05) is 23.7 Å². The van der Waals surface area contributed by atoms with Crippen molar-refractivity contribution in [3.8, 4) is 0 Å². The van der Waals surface area contributed by atoms with E-state index in [4.69, 9.17) is 0 Å². The second-order valence-corrected chi connectivity index (χ2v) is 18.3. The molecule has 0 unspecified atom stereocenters. The second-order valence-electron chi connectivity index (χ2n) is 14.6. The molecule has 3 N–H and O–H groups in total. The van der Waals surface area contributed by atoms with Crippen molar-refractivity contribution >= 4 is 127 Å². The zero-order valence-corrected chi connectivity index (χ0v) is 33.9. The fourth-order valence-corrected chi connectivity index (χ4v) is 11.8. The van der Waals surface area contributed by atoms with Crippen LogP contribution in [0, 0.1) is 11.8 Å². The highest BCUT2D eigenvalue weighted by Crippen LogP contribution is 2.42. The zero-order valence-electron chi connectivity index (χ0n) is 30.7. The third kappa shape index (κ3) is 7.01. The van der Waals surface area contributed by atoms with E-state index in [1.54, 1.807) is 35.3 Å². The highest BCUT2D eigenvalue weighted by molar-refractivity contribution is 7.19.